The van der Waals surface area contributed by atoms with Crippen LogP contribution in [0.2, 0.25) is 0 Å². The van der Waals surface area contributed by atoms with Gasteiger partial charge in [-0.3, -0.25) is 0 Å². The highest BCUT2D eigenvalue weighted by Crippen LogP contribution is 2.46. The molecule has 4 heteroatoms. The number of thiazole rings is 1. The van der Waals surface area contributed by atoms with E-state index in [1.54, 1.807) is 6.20 Å². The Kier molecular flexibility index (Phi) is 2.73. The molecule has 1 aromatic heterocycles. The van der Waals surface area contributed by atoms with Crippen LogP contribution in [0.25, 0.3) is 0 Å². The van der Waals surface area contributed by atoms with E-state index >= 15 is 0 Å². The fraction of sp³-hybridized carbons (Fsp3) is 0.727. The van der Waals surface area contributed by atoms with Crippen LogP contribution in [0.5, 0.6) is 0 Å². The average Bonchev–Trinajstić information content (AvgIpc) is 2.62. The second-order valence-electron chi connectivity index (χ2n) is 4.65. The lowest BCUT2D eigenvalue weighted by Gasteiger charge is -2.41. The van der Waals surface area contributed by atoms with E-state index < -0.39 is 5.60 Å². The summed E-state index contributed by atoms with van der Waals surface area (Å²) < 4.78 is 0. The number of aliphatic hydroxyl groups is 1. The number of hydrogen-bond acceptors (Lipinski definition) is 4. The molecule has 0 aliphatic heterocycles. The molecule has 0 saturated heterocycles. The Morgan fingerprint density at radius 2 is 2.33 bits per heavy atom. The van der Waals surface area contributed by atoms with E-state index in [0.717, 1.165) is 17.7 Å². The maximum absolute atomic E-state index is 10.7. The van der Waals surface area contributed by atoms with E-state index in [4.69, 9.17) is 5.73 Å². The van der Waals surface area contributed by atoms with Crippen molar-refractivity contribution in [3.63, 3.8) is 0 Å². The minimum atomic E-state index is -0.701. The van der Waals surface area contributed by atoms with Crippen LogP contribution in [0.15, 0.2) is 6.20 Å². The molecule has 84 valence electrons. The van der Waals surface area contributed by atoms with Gasteiger partial charge in [0.05, 0.1) is 4.88 Å². The first-order valence-electron chi connectivity index (χ1n) is 5.48. The third kappa shape index (κ3) is 1.76. The number of anilines is 1. The fourth-order valence-corrected chi connectivity index (χ4v) is 3.38. The Morgan fingerprint density at radius 1 is 1.60 bits per heavy atom. The fourth-order valence-electron chi connectivity index (χ4n) is 2.48. The van der Waals surface area contributed by atoms with E-state index in [1.165, 1.54) is 17.8 Å². The second kappa shape index (κ2) is 3.76. The molecule has 15 heavy (non-hydrogen) atoms. The van der Waals surface area contributed by atoms with Gasteiger partial charge in [-0.25, -0.2) is 4.98 Å². The van der Waals surface area contributed by atoms with Gasteiger partial charge in [0.25, 0.3) is 0 Å². The van der Waals surface area contributed by atoms with Gasteiger partial charge in [-0.05, 0) is 24.7 Å². The van der Waals surface area contributed by atoms with Crippen molar-refractivity contribution in [2.75, 3.05) is 5.73 Å². The topological polar surface area (TPSA) is 59.1 Å². The zero-order valence-electron chi connectivity index (χ0n) is 9.23. The highest BCUT2D eigenvalue weighted by atomic mass is 32.1. The van der Waals surface area contributed by atoms with Crippen LogP contribution in [-0.2, 0) is 5.60 Å². The summed E-state index contributed by atoms with van der Waals surface area (Å²) in [6.45, 7) is 4.33. The molecule has 3 atom stereocenters. The minimum Gasteiger partial charge on any atom is -0.384 e. The molecular weight excluding hydrogens is 208 g/mol. The Labute approximate surface area is 94.3 Å². The van der Waals surface area contributed by atoms with E-state index in [1.807, 2.05) is 0 Å². The van der Waals surface area contributed by atoms with Crippen LogP contribution in [0.1, 0.15) is 38.0 Å². The molecule has 1 aliphatic rings. The van der Waals surface area contributed by atoms with Crippen LogP contribution in [0, 0.1) is 11.8 Å². The van der Waals surface area contributed by atoms with Crippen LogP contribution in [-0.4, -0.2) is 10.1 Å². The van der Waals surface area contributed by atoms with Gasteiger partial charge in [0.1, 0.15) is 5.60 Å². The van der Waals surface area contributed by atoms with Gasteiger partial charge in [-0.15, -0.1) is 0 Å². The van der Waals surface area contributed by atoms with Gasteiger partial charge in [0, 0.05) is 6.20 Å². The normalized spacial score (nSPS) is 36.7. The average molecular weight is 226 g/mol. The molecule has 0 spiro atoms. The quantitative estimate of drug-likeness (QED) is 0.773. The van der Waals surface area contributed by atoms with Gasteiger partial charge >= 0.3 is 0 Å². The molecule has 1 saturated carbocycles. The molecule has 1 fully saturated rings. The lowest BCUT2D eigenvalue weighted by atomic mass is 9.70. The SMILES string of the molecule is CC1CCCC(O)(c2cnc(N)s2)C1C. The van der Waals surface area contributed by atoms with E-state index in [2.05, 4.69) is 18.8 Å². The third-order valence-corrected chi connectivity index (χ3v) is 4.77. The molecular formula is C11H18N2OS. The zero-order chi connectivity index (χ0) is 11.1. The molecule has 3 N–H and O–H groups in total. The summed E-state index contributed by atoms with van der Waals surface area (Å²) >= 11 is 1.42. The van der Waals surface area contributed by atoms with E-state index in [9.17, 15) is 5.11 Å². The summed E-state index contributed by atoms with van der Waals surface area (Å²) in [5.41, 5.74) is 4.92. The van der Waals surface area contributed by atoms with Crippen molar-refractivity contribution in [3.05, 3.63) is 11.1 Å². The highest BCUT2D eigenvalue weighted by Gasteiger charge is 2.42. The van der Waals surface area contributed by atoms with Crippen molar-refractivity contribution < 1.29 is 5.11 Å². The first kappa shape index (κ1) is 10.9. The van der Waals surface area contributed by atoms with Gasteiger partial charge in [0.2, 0.25) is 0 Å². The molecule has 0 amide bonds. The molecule has 0 radical (unpaired) electrons. The summed E-state index contributed by atoms with van der Waals surface area (Å²) in [5, 5.41) is 11.3. The number of hydrogen-bond donors (Lipinski definition) is 2. The predicted octanol–water partition coefficient (Wildman–Crippen LogP) is 2.37. The van der Waals surface area contributed by atoms with Gasteiger partial charge in [-0.2, -0.15) is 0 Å². The Morgan fingerprint density at radius 3 is 2.93 bits per heavy atom. The highest BCUT2D eigenvalue weighted by molar-refractivity contribution is 7.15. The molecule has 1 aliphatic carbocycles. The minimum absolute atomic E-state index is 0.283. The van der Waals surface area contributed by atoms with Crippen LogP contribution < -0.4 is 5.73 Å². The second-order valence-corrected chi connectivity index (χ2v) is 5.71. The number of nitrogen functional groups attached to an aromatic ring is 1. The first-order valence-corrected chi connectivity index (χ1v) is 6.30. The number of aromatic nitrogens is 1. The maximum atomic E-state index is 10.7. The van der Waals surface area contributed by atoms with Crippen LogP contribution >= 0.6 is 11.3 Å². The molecule has 0 aromatic carbocycles. The predicted molar refractivity (Wildman–Crippen MR) is 62.6 cm³/mol. The number of nitrogens with zero attached hydrogens (tertiary/aromatic N) is 1. The summed E-state index contributed by atoms with van der Waals surface area (Å²) in [5.74, 6) is 0.846. The maximum Gasteiger partial charge on any atom is 0.180 e. The first-order chi connectivity index (χ1) is 7.04. The Balaban J connectivity index is 2.32. The van der Waals surface area contributed by atoms with E-state index in [-0.39, 0.29) is 5.92 Å². The van der Waals surface area contributed by atoms with Crippen molar-refractivity contribution in [2.24, 2.45) is 11.8 Å². The van der Waals surface area contributed by atoms with Gasteiger partial charge in [0.15, 0.2) is 5.13 Å². The zero-order valence-corrected chi connectivity index (χ0v) is 10.0. The Bertz CT molecular complexity index is 352. The number of nitrogens with two attached hydrogens (primary N) is 1. The van der Waals surface area contributed by atoms with Crippen molar-refractivity contribution in [1.29, 1.82) is 0 Å². The summed E-state index contributed by atoms with van der Waals surface area (Å²) in [6, 6.07) is 0. The summed E-state index contributed by atoms with van der Waals surface area (Å²) in [7, 11) is 0. The number of rotatable bonds is 1. The molecule has 0 bridgehead atoms. The van der Waals surface area contributed by atoms with Crippen molar-refractivity contribution >= 4 is 16.5 Å². The monoisotopic (exact) mass is 226 g/mol. The van der Waals surface area contributed by atoms with Crippen molar-refractivity contribution in [2.45, 2.75) is 38.7 Å². The molecule has 3 nitrogen and oxygen atoms in total. The van der Waals surface area contributed by atoms with E-state index in [0.29, 0.717) is 11.0 Å². The lowest BCUT2D eigenvalue weighted by molar-refractivity contribution is -0.0660. The molecule has 3 unspecified atom stereocenters. The molecule has 2 rings (SSSR count). The standard InChI is InChI=1S/C11H18N2OS/c1-7-4-3-5-11(14,8(7)2)9-6-13-10(12)15-9/h6-8,14H,3-5H2,1-2H3,(H2,12,13). The van der Waals surface area contributed by atoms with Gasteiger partial charge in [-0.1, -0.05) is 31.6 Å². The smallest absolute Gasteiger partial charge is 0.180 e. The Hall–Kier alpha value is -0.610. The largest absolute Gasteiger partial charge is 0.384 e. The summed E-state index contributed by atoms with van der Waals surface area (Å²) in [4.78, 5) is 4.96. The molecule has 1 heterocycles. The van der Waals surface area contributed by atoms with Crippen molar-refractivity contribution in [3.8, 4) is 0 Å². The molecule has 1 aromatic rings. The van der Waals surface area contributed by atoms with Crippen LogP contribution in [0.3, 0.4) is 0 Å². The van der Waals surface area contributed by atoms with Gasteiger partial charge < -0.3 is 10.8 Å². The van der Waals surface area contributed by atoms with Crippen molar-refractivity contribution in [1.82, 2.24) is 4.98 Å². The van der Waals surface area contributed by atoms with Crippen LogP contribution in [0.4, 0.5) is 5.13 Å². The third-order valence-electron chi connectivity index (χ3n) is 3.77. The lowest BCUT2D eigenvalue weighted by Crippen LogP contribution is -2.39. The summed E-state index contributed by atoms with van der Waals surface area (Å²) in [6.07, 6.45) is 4.85.